The molecule has 2 aromatic heterocycles. The number of carbonyl (C=O) groups excluding carboxylic acids is 1. The number of nitrogens with one attached hydrogen (secondary N) is 2. The van der Waals surface area contributed by atoms with Crippen LogP contribution in [0.3, 0.4) is 0 Å². The molecule has 0 fully saturated rings. The highest BCUT2D eigenvalue weighted by Gasteiger charge is 2.17. The van der Waals surface area contributed by atoms with Crippen LogP contribution < -0.4 is 10.6 Å². The quantitative estimate of drug-likeness (QED) is 0.622. The second-order valence-corrected chi connectivity index (χ2v) is 8.79. The molecule has 2 N–H and O–H groups in total. The Bertz CT molecular complexity index is 775. The van der Waals surface area contributed by atoms with E-state index in [9.17, 15) is 4.79 Å². The van der Waals surface area contributed by atoms with Crippen molar-refractivity contribution in [3.63, 3.8) is 0 Å². The fourth-order valence-electron chi connectivity index (χ4n) is 3.30. The van der Waals surface area contributed by atoms with E-state index < -0.39 is 0 Å². The van der Waals surface area contributed by atoms with Crippen molar-refractivity contribution in [2.45, 2.75) is 85.5 Å². The summed E-state index contributed by atoms with van der Waals surface area (Å²) in [5.74, 6) is 0.476. The average molecular weight is 426 g/mol. The third-order valence-corrected chi connectivity index (χ3v) is 4.52. The van der Waals surface area contributed by atoms with Crippen LogP contribution in [0.25, 0.3) is 11.0 Å². The highest BCUT2D eigenvalue weighted by molar-refractivity contribution is 5.97. The summed E-state index contributed by atoms with van der Waals surface area (Å²) in [7, 11) is 0. The molecule has 0 saturated carbocycles. The van der Waals surface area contributed by atoms with Gasteiger partial charge in [-0.05, 0) is 67.9 Å². The Labute approximate surface area is 180 Å². The summed E-state index contributed by atoms with van der Waals surface area (Å²) in [6, 6.07) is 0.806. The molecule has 0 aliphatic carbocycles. The van der Waals surface area contributed by atoms with E-state index in [0.717, 1.165) is 37.0 Å². The fourth-order valence-corrected chi connectivity index (χ4v) is 3.30. The van der Waals surface area contributed by atoms with E-state index in [0.29, 0.717) is 17.9 Å². The van der Waals surface area contributed by atoms with Crippen LogP contribution in [0, 0.1) is 0 Å². The number of rotatable bonds is 8. The monoisotopic (exact) mass is 425 g/mol. The first-order valence-electron chi connectivity index (χ1n) is 10.1. The van der Waals surface area contributed by atoms with Gasteiger partial charge in [0, 0.05) is 24.2 Å². The maximum absolute atomic E-state index is 12.1. The fraction of sp³-hybridized carbons (Fsp3) is 0.700. The zero-order chi connectivity index (χ0) is 20.9. The molecule has 0 radical (unpaired) electrons. The van der Waals surface area contributed by atoms with Crippen LogP contribution in [0.15, 0.2) is 12.5 Å². The highest BCUT2D eigenvalue weighted by atomic mass is 35.5. The van der Waals surface area contributed by atoms with Gasteiger partial charge in [0.1, 0.15) is 12.1 Å². The summed E-state index contributed by atoms with van der Waals surface area (Å²) in [5.41, 5.74) is 0.422. The minimum atomic E-state index is -0.319. The molecular formula is C20H36ClN7O. The number of hydrogen-bond acceptors (Lipinski definition) is 5. The third-order valence-electron chi connectivity index (χ3n) is 4.52. The van der Waals surface area contributed by atoms with Crippen molar-refractivity contribution in [2.75, 3.05) is 11.9 Å². The van der Waals surface area contributed by atoms with Gasteiger partial charge in [-0.15, -0.1) is 12.4 Å². The Morgan fingerprint density at radius 3 is 2.38 bits per heavy atom. The number of aromatic nitrogens is 4. The van der Waals surface area contributed by atoms with Crippen molar-refractivity contribution in [3.8, 4) is 0 Å². The average Bonchev–Trinajstić information content (AvgIpc) is 2.96. The number of hydrogen-bond donors (Lipinski definition) is 2. The Morgan fingerprint density at radius 2 is 1.79 bits per heavy atom. The number of amides is 2. The van der Waals surface area contributed by atoms with Gasteiger partial charge in [0.2, 0.25) is 0 Å². The van der Waals surface area contributed by atoms with Crippen LogP contribution in [0.5, 0.6) is 0 Å². The molecule has 2 amide bonds. The lowest BCUT2D eigenvalue weighted by molar-refractivity contribution is 0.171. The van der Waals surface area contributed by atoms with Crippen molar-refractivity contribution >= 4 is 35.3 Å². The number of nitrogens with zero attached hydrogens (tertiary/aromatic N) is 5. The molecule has 2 rings (SSSR count). The maximum atomic E-state index is 12.1. The number of urea groups is 1. The zero-order valence-corrected chi connectivity index (χ0v) is 19.5. The van der Waals surface area contributed by atoms with Crippen LogP contribution in [-0.4, -0.2) is 54.8 Å². The molecule has 29 heavy (non-hydrogen) atoms. The van der Waals surface area contributed by atoms with E-state index in [1.807, 2.05) is 25.5 Å². The van der Waals surface area contributed by atoms with E-state index in [-0.39, 0.29) is 24.0 Å². The minimum Gasteiger partial charge on any atom is -0.333 e. The van der Waals surface area contributed by atoms with Gasteiger partial charge in [-0.2, -0.15) is 5.10 Å². The van der Waals surface area contributed by atoms with E-state index >= 15 is 0 Å². The number of carbonyl (C=O) groups is 1. The number of fused-ring (bicyclic) bond motifs is 1. The molecule has 8 nitrogen and oxygen atoms in total. The molecule has 0 unspecified atom stereocenters. The molecule has 0 bridgehead atoms. The van der Waals surface area contributed by atoms with Crippen LogP contribution in [0.1, 0.15) is 61.3 Å². The first kappa shape index (κ1) is 25.1. The predicted octanol–water partition coefficient (Wildman–Crippen LogP) is 4.07. The van der Waals surface area contributed by atoms with E-state index in [1.165, 1.54) is 6.33 Å². The molecule has 0 atom stereocenters. The van der Waals surface area contributed by atoms with Gasteiger partial charge in [-0.1, -0.05) is 0 Å². The van der Waals surface area contributed by atoms with Gasteiger partial charge in [0.15, 0.2) is 5.65 Å². The van der Waals surface area contributed by atoms with Crippen LogP contribution in [-0.2, 0) is 6.54 Å². The first-order chi connectivity index (χ1) is 13.1. The van der Waals surface area contributed by atoms with Crippen LogP contribution >= 0.6 is 12.4 Å². The van der Waals surface area contributed by atoms with Crippen molar-refractivity contribution in [1.82, 2.24) is 30.0 Å². The minimum absolute atomic E-state index is 0. The Kier molecular flexibility index (Phi) is 9.29. The number of halogens is 1. The normalized spacial score (nSPS) is 11.9. The number of unbranched alkanes of at least 4 members (excludes halogenated alkanes) is 1. The van der Waals surface area contributed by atoms with Crippen LogP contribution in [0.2, 0.25) is 0 Å². The lowest BCUT2D eigenvalue weighted by Crippen LogP contribution is -2.43. The molecule has 2 aromatic rings. The van der Waals surface area contributed by atoms with Gasteiger partial charge < -0.3 is 5.32 Å². The highest BCUT2D eigenvalue weighted by Crippen LogP contribution is 2.19. The van der Waals surface area contributed by atoms with Gasteiger partial charge in [0.25, 0.3) is 0 Å². The molecule has 2 heterocycles. The van der Waals surface area contributed by atoms with Crippen molar-refractivity contribution in [1.29, 1.82) is 0 Å². The molecule has 0 aliphatic rings. The molecule has 9 heteroatoms. The summed E-state index contributed by atoms with van der Waals surface area (Å²) in [4.78, 5) is 23.2. The Morgan fingerprint density at radius 1 is 1.14 bits per heavy atom. The lowest BCUT2D eigenvalue weighted by Gasteiger charge is -2.30. The summed E-state index contributed by atoms with van der Waals surface area (Å²) in [5, 5.41) is 10.9. The van der Waals surface area contributed by atoms with Gasteiger partial charge in [-0.25, -0.2) is 19.4 Å². The number of anilines is 1. The second-order valence-electron chi connectivity index (χ2n) is 8.79. The standard InChI is InChI=1S/C20H35N7O.ClH/c1-14(2)26(15(3)4)10-8-9-11-27-18-16(12-23-27)17(21-13-22-18)24-19(28)25-20(5,6)7;/h12-15H,8-11H2,1-7H3,(H2,21,22,24,25,28);1H. The van der Waals surface area contributed by atoms with Crippen LogP contribution in [0.4, 0.5) is 10.6 Å². The number of aryl methyl sites for hydroxylation is 1. The third kappa shape index (κ3) is 7.44. The topological polar surface area (TPSA) is 88.0 Å². The smallest absolute Gasteiger partial charge is 0.320 e. The largest absolute Gasteiger partial charge is 0.333 e. The molecule has 0 spiro atoms. The summed E-state index contributed by atoms with van der Waals surface area (Å²) in [6.45, 7) is 16.6. The summed E-state index contributed by atoms with van der Waals surface area (Å²) >= 11 is 0. The van der Waals surface area contributed by atoms with Crippen molar-refractivity contribution in [3.05, 3.63) is 12.5 Å². The Hall–Kier alpha value is -1.93. The van der Waals surface area contributed by atoms with Gasteiger partial charge >= 0.3 is 6.03 Å². The predicted molar refractivity (Wildman–Crippen MR) is 121 cm³/mol. The summed E-state index contributed by atoms with van der Waals surface area (Å²) in [6.07, 6.45) is 5.30. The molecule has 0 aliphatic heterocycles. The van der Waals surface area contributed by atoms with E-state index in [2.05, 4.69) is 58.3 Å². The molecule has 0 aromatic carbocycles. The molecule has 164 valence electrons. The lowest BCUT2D eigenvalue weighted by atomic mass is 10.1. The molecule has 0 saturated heterocycles. The Balaban J connectivity index is 0.00000420. The van der Waals surface area contributed by atoms with Gasteiger partial charge in [-0.3, -0.25) is 10.2 Å². The van der Waals surface area contributed by atoms with Crippen molar-refractivity contribution in [2.24, 2.45) is 0 Å². The zero-order valence-electron chi connectivity index (χ0n) is 18.7. The maximum Gasteiger partial charge on any atom is 0.320 e. The van der Waals surface area contributed by atoms with Crippen molar-refractivity contribution < 1.29 is 4.79 Å². The summed E-state index contributed by atoms with van der Waals surface area (Å²) < 4.78 is 1.89. The van der Waals surface area contributed by atoms with Gasteiger partial charge in [0.05, 0.1) is 11.6 Å². The molecular weight excluding hydrogens is 390 g/mol. The van der Waals surface area contributed by atoms with E-state index in [1.54, 1.807) is 6.20 Å². The SMILES string of the molecule is CC(C)N(CCCCn1ncc2c(NC(=O)NC(C)(C)C)ncnc21)C(C)C.Cl. The first-order valence-corrected chi connectivity index (χ1v) is 10.1. The second kappa shape index (κ2) is 10.7. The van der Waals surface area contributed by atoms with E-state index in [4.69, 9.17) is 0 Å².